The van der Waals surface area contributed by atoms with E-state index in [1.54, 1.807) is 22.7 Å². The minimum Gasteiger partial charge on any atom is -0.373 e. The van der Waals surface area contributed by atoms with E-state index in [1.807, 2.05) is 48.5 Å². The van der Waals surface area contributed by atoms with Gasteiger partial charge in [0, 0.05) is 26.6 Å². The fourth-order valence-electron chi connectivity index (χ4n) is 3.29. The zero-order valence-electron chi connectivity index (χ0n) is 16.3. The molecule has 2 aromatic heterocycles. The maximum atomic E-state index is 12.8. The third-order valence-electron chi connectivity index (χ3n) is 4.90. The van der Waals surface area contributed by atoms with Crippen LogP contribution in [-0.4, -0.2) is 5.91 Å². The van der Waals surface area contributed by atoms with Crippen LogP contribution in [0.25, 0.3) is 0 Å². The van der Waals surface area contributed by atoms with E-state index in [1.165, 1.54) is 15.3 Å². The monoisotopic (exact) mass is 418 g/mol. The summed E-state index contributed by atoms with van der Waals surface area (Å²) in [6.45, 7) is 4.24. The third kappa shape index (κ3) is 4.26. The van der Waals surface area contributed by atoms with Gasteiger partial charge in [-0.3, -0.25) is 4.79 Å². The summed E-state index contributed by atoms with van der Waals surface area (Å²) in [5, 5.41) is 9.82. The molecule has 5 heteroatoms. The minimum atomic E-state index is -0.0854. The lowest BCUT2D eigenvalue weighted by Gasteiger charge is -2.21. The van der Waals surface area contributed by atoms with Gasteiger partial charge in [0.2, 0.25) is 0 Å². The quantitative estimate of drug-likeness (QED) is 0.358. The number of thiophene rings is 2. The maximum Gasteiger partial charge on any atom is 0.256 e. The Hall–Kier alpha value is -2.89. The van der Waals surface area contributed by atoms with Gasteiger partial charge in [-0.2, -0.15) is 0 Å². The minimum absolute atomic E-state index is 0.0339. The summed E-state index contributed by atoms with van der Waals surface area (Å²) in [6, 6.07) is 23.7. The fourth-order valence-corrected chi connectivity index (χ4v) is 5.17. The van der Waals surface area contributed by atoms with Crippen LogP contribution in [0, 0.1) is 13.8 Å². The summed E-state index contributed by atoms with van der Waals surface area (Å²) < 4.78 is 0. The number of hydrogen-bond acceptors (Lipinski definition) is 4. The van der Waals surface area contributed by atoms with Crippen LogP contribution in [0.1, 0.15) is 37.3 Å². The highest BCUT2D eigenvalue weighted by atomic mass is 32.1. The molecule has 4 aromatic rings. The van der Waals surface area contributed by atoms with Crippen molar-refractivity contribution >= 4 is 39.3 Å². The number of carbonyl (C=O) groups excluding carboxylic acids is 1. The SMILES string of the molecule is Cc1sc(NC(=O)c2ccccc2)c([C@@H](Nc2ccccc2)c2cccs2)c1C. The number of nitrogens with one attached hydrogen (secondary N) is 2. The number of rotatable bonds is 6. The molecule has 0 bridgehead atoms. The molecule has 3 nitrogen and oxygen atoms in total. The molecule has 146 valence electrons. The van der Waals surface area contributed by atoms with Gasteiger partial charge < -0.3 is 10.6 Å². The van der Waals surface area contributed by atoms with Gasteiger partial charge in [0.25, 0.3) is 5.91 Å². The van der Waals surface area contributed by atoms with Crippen molar-refractivity contribution in [3.8, 4) is 0 Å². The first-order valence-corrected chi connectivity index (χ1v) is 11.1. The molecular formula is C24H22N2OS2. The number of benzene rings is 2. The summed E-state index contributed by atoms with van der Waals surface area (Å²) in [5.74, 6) is -0.0854. The molecule has 4 rings (SSSR count). The van der Waals surface area contributed by atoms with Crippen molar-refractivity contribution in [2.24, 2.45) is 0 Å². The Labute approximate surface area is 179 Å². The second kappa shape index (κ2) is 8.64. The van der Waals surface area contributed by atoms with Crippen LogP contribution in [0.4, 0.5) is 10.7 Å². The average molecular weight is 419 g/mol. The van der Waals surface area contributed by atoms with E-state index < -0.39 is 0 Å². The molecule has 1 amide bonds. The van der Waals surface area contributed by atoms with Crippen molar-refractivity contribution in [1.82, 2.24) is 0 Å². The van der Waals surface area contributed by atoms with Crippen molar-refractivity contribution in [2.45, 2.75) is 19.9 Å². The zero-order chi connectivity index (χ0) is 20.2. The number of carbonyl (C=O) groups is 1. The molecule has 0 unspecified atom stereocenters. The summed E-state index contributed by atoms with van der Waals surface area (Å²) in [6.07, 6.45) is 0. The van der Waals surface area contributed by atoms with Crippen LogP contribution in [0.2, 0.25) is 0 Å². The zero-order valence-corrected chi connectivity index (χ0v) is 17.9. The van der Waals surface area contributed by atoms with Crippen molar-refractivity contribution in [3.63, 3.8) is 0 Å². The van der Waals surface area contributed by atoms with Gasteiger partial charge in [-0.05, 0) is 55.1 Å². The first-order chi connectivity index (χ1) is 14.1. The number of para-hydroxylation sites is 1. The van der Waals surface area contributed by atoms with E-state index in [0.29, 0.717) is 5.56 Å². The predicted octanol–water partition coefficient (Wildman–Crippen LogP) is 6.88. The second-order valence-electron chi connectivity index (χ2n) is 6.80. The number of anilines is 2. The molecule has 1 atom stereocenters. The Morgan fingerprint density at radius 2 is 1.59 bits per heavy atom. The van der Waals surface area contributed by atoms with Crippen LogP contribution in [0.5, 0.6) is 0 Å². The summed E-state index contributed by atoms with van der Waals surface area (Å²) in [5.41, 5.74) is 4.05. The molecular weight excluding hydrogens is 396 g/mol. The van der Waals surface area contributed by atoms with Gasteiger partial charge in [0.1, 0.15) is 5.00 Å². The molecule has 2 heterocycles. The first kappa shape index (κ1) is 19.4. The van der Waals surface area contributed by atoms with Crippen molar-refractivity contribution in [2.75, 3.05) is 10.6 Å². The lowest BCUT2D eigenvalue weighted by molar-refractivity contribution is 0.102. The van der Waals surface area contributed by atoms with E-state index in [0.717, 1.165) is 16.3 Å². The van der Waals surface area contributed by atoms with E-state index >= 15 is 0 Å². The van der Waals surface area contributed by atoms with Gasteiger partial charge in [-0.15, -0.1) is 22.7 Å². The van der Waals surface area contributed by atoms with E-state index in [4.69, 9.17) is 0 Å². The largest absolute Gasteiger partial charge is 0.373 e. The molecule has 0 radical (unpaired) electrons. The molecule has 2 N–H and O–H groups in total. The first-order valence-electron chi connectivity index (χ1n) is 9.44. The Kier molecular flexibility index (Phi) is 5.79. The molecule has 0 spiro atoms. The topological polar surface area (TPSA) is 41.1 Å². The average Bonchev–Trinajstić information content (AvgIpc) is 3.37. The molecule has 29 heavy (non-hydrogen) atoms. The maximum absolute atomic E-state index is 12.8. The molecule has 0 saturated heterocycles. The number of aryl methyl sites for hydroxylation is 1. The Morgan fingerprint density at radius 3 is 2.24 bits per heavy atom. The van der Waals surface area contributed by atoms with Crippen molar-refractivity contribution in [1.29, 1.82) is 0 Å². The Balaban J connectivity index is 1.73. The van der Waals surface area contributed by atoms with Gasteiger partial charge in [0.05, 0.1) is 6.04 Å². The van der Waals surface area contributed by atoms with Gasteiger partial charge in [-0.25, -0.2) is 0 Å². The highest BCUT2D eigenvalue weighted by Crippen LogP contribution is 2.42. The summed E-state index contributed by atoms with van der Waals surface area (Å²) in [7, 11) is 0. The van der Waals surface area contributed by atoms with Crippen molar-refractivity contribution < 1.29 is 4.79 Å². The van der Waals surface area contributed by atoms with Crippen molar-refractivity contribution in [3.05, 3.63) is 105 Å². The third-order valence-corrected chi connectivity index (χ3v) is 6.97. The van der Waals surface area contributed by atoms with Gasteiger partial charge in [-0.1, -0.05) is 42.5 Å². The number of hydrogen-bond donors (Lipinski definition) is 2. The number of amides is 1. The Morgan fingerprint density at radius 1 is 0.897 bits per heavy atom. The van der Waals surface area contributed by atoms with E-state index in [2.05, 4.69) is 54.1 Å². The van der Waals surface area contributed by atoms with Crippen LogP contribution in [0.3, 0.4) is 0 Å². The highest BCUT2D eigenvalue weighted by Gasteiger charge is 2.25. The lowest BCUT2D eigenvalue weighted by Crippen LogP contribution is -2.16. The van der Waals surface area contributed by atoms with Gasteiger partial charge >= 0.3 is 0 Å². The lowest BCUT2D eigenvalue weighted by atomic mass is 10.0. The molecule has 2 aromatic carbocycles. The van der Waals surface area contributed by atoms with Crippen LogP contribution >= 0.6 is 22.7 Å². The van der Waals surface area contributed by atoms with Crippen LogP contribution in [-0.2, 0) is 0 Å². The normalized spacial score (nSPS) is 11.8. The summed E-state index contributed by atoms with van der Waals surface area (Å²) >= 11 is 3.35. The smallest absolute Gasteiger partial charge is 0.256 e. The van der Waals surface area contributed by atoms with E-state index in [9.17, 15) is 4.79 Å². The molecule has 0 aliphatic rings. The highest BCUT2D eigenvalue weighted by molar-refractivity contribution is 7.16. The molecule has 0 aliphatic heterocycles. The van der Waals surface area contributed by atoms with E-state index in [-0.39, 0.29) is 11.9 Å². The van der Waals surface area contributed by atoms with Gasteiger partial charge in [0.15, 0.2) is 0 Å². The Bertz CT molecular complexity index is 1090. The molecule has 0 saturated carbocycles. The standard InChI is InChI=1S/C24H22N2OS2/c1-16-17(2)29-24(26-23(27)18-10-5-3-6-11-18)21(16)22(20-14-9-15-28-20)25-19-12-7-4-8-13-19/h3-15,22,25H,1-2H3,(H,26,27)/t22-/m0/s1. The second-order valence-corrected chi connectivity index (χ2v) is 9.01. The van der Waals surface area contributed by atoms with Crippen LogP contribution < -0.4 is 10.6 Å². The molecule has 0 fully saturated rings. The summed E-state index contributed by atoms with van der Waals surface area (Å²) in [4.78, 5) is 15.3. The molecule has 0 aliphatic carbocycles. The van der Waals surface area contributed by atoms with Crippen LogP contribution in [0.15, 0.2) is 78.2 Å². The fraction of sp³-hybridized carbons (Fsp3) is 0.125. The predicted molar refractivity (Wildman–Crippen MR) is 124 cm³/mol.